The molecule has 5 nitrogen and oxygen atoms in total. The molecule has 5 heteroatoms. The summed E-state index contributed by atoms with van der Waals surface area (Å²) in [6.45, 7) is 4.79. The summed E-state index contributed by atoms with van der Waals surface area (Å²) in [5.41, 5.74) is 1.01. The van der Waals surface area contributed by atoms with E-state index in [1.807, 2.05) is 35.2 Å². The number of piperidine rings is 1. The lowest BCUT2D eigenvalue weighted by Crippen LogP contribution is -2.41. The van der Waals surface area contributed by atoms with Gasteiger partial charge in [-0.25, -0.2) is 0 Å². The molecule has 1 aromatic rings. The third kappa shape index (κ3) is 6.02. The molecule has 2 saturated heterocycles. The van der Waals surface area contributed by atoms with E-state index in [1.54, 1.807) is 0 Å². The topological polar surface area (TPSA) is 58.6 Å². The Kier molecular flexibility index (Phi) is 7.60. The van der Waals surface area contributed by atoms with Crippen LogP contribution < -0.4 is 5.32 Å². The first kappa shape index (κ1) is 17.5. The molecule has 2 aliphatic heterocycles. The number of hydrogen-bond acceptors (Lipinski definition) is 4. The van der Waals surface area contributed by atoms with Gasteiger partial charge in [0.15, 0.2) is 0 Å². The second-order valence-corrected chi connectivity index (χ2v) is 5.97. The van der Waals surface area contributed by atoms with E-state index in [9.17, 15) is 9.59 Å². The molecule has 0 radical (unpaired) electrons. The number of hydrogen-bond donors (Lipinski definition) is 1. The van der Waals surface area contributed by atoms with Gasteiger partial charge in [-0.1, -0.05) is 30.3 Å². The second kappa shape index (κ2) is 10.0. The van der Waals surface area contributed by atoms with E-state index >= 15 is 0 Å². The van der Waals surface area contributed by atoms with Crippen molar-refractivity contribution in [2.45, 2.75) is 32.3 Å². The van der Waals surface area contributed by atoms with Crippen LogP contribution in [0, 0.1) is 5.92 Å². The van der Waals surface area contributed by atoms with Gasteiger partial charge < -0.3 is 15.0 Å². The number of benzene rings is 1. The predicted molar refractivity (Wildman–Crippen MR) is 88.7 cm³/mol. The molecule has 0 saturated carbocycles. The van der Waals surface area contributed by atoms with Crippen molar-refractivity contribution >= 4 is 12.4 Å². The lowest BCUT2D eigenvalue weighted by Gasteiger charge is -2.26. The van der Waals surface area contributed by atoms with Gasteiger partial charge in [0.05, 0.1) is 5.92 Å². The van der Waals surface area contributed by atoms with Crippen LogP contribution in [-0.2, 0) is 20.9 Å². The van der Waals surface area contributed by atoms with Crippen LogP contribution >= 0.6 is 0 Å². The first-order valence-corrected chi connectivity index (χ1v) is 8.40. The molecule has 1 atom stereocenters. The van der Waals surface area contributed by atoms with E-state index in [1.165, 1.54) is 12.8 Å². The van der Waals surface area contributed by atoms with Gasteiger partial charge in [0, 0.05) is 19.6 Å². The molecule has 1 unspecified atom stereocenters. The molecule has 2 aliphatic rings. The average molecular weight is 318 g/mol. The Morgan fingerprint density at radius 1 is 1.22 bits per heavy atom. The van der Waals surface area contributed by atoms with Crippen LogP contribution in [0.1, 0.15) is 31.2 Å². The van der Waals surface area contributed by atoms with Gasteiger partial charge in [0.2, 0.25) is 5.91 Å². The SMILES string of the molecule is O=C(C1CCCNC1)N1CCCC1.O=COCc1ccccc1. The van der Waals surface area contributed by atoms with Gasteiger partial charge in [0.25, 0.3) is 6.47 Å². The van der Waals surface area contributed by atoms with Crippen molar-refractivity contribution in [2.24, 2.45) is 5.92 Å². The van der Waals surface area contributed by atoms with E-state index in [-0.39, 0.29) is 5.92 Å². The number of nitrogens with one attached hydrogen (secondary N) is 1. The monoisotopic (exact) mass is 318 g/mol. The molecule has 0 aliphatic carbocycles. The standard InChI is InChI=1S/C10H18N2O.C8H8O2/c13-10(12-6-1-2-7-12)9-4-3-5-11-8-9;9-7-10-6-8-4-2-1-3-5-8/h9,11H,1-8H2;1-5,7H,6H2. The summed E-state index contributed by atoms with van der Waals surface area (Å²) in [4.78, 5) is 23.7. The van der Waals surface area contributed by atoms with Crippen molar-refractivity contribution in [2.75, 3.05) is 26.2 Å². The minimum absolute atomic E-state index is 0.270. The van der Waals surface area contributed by atoms with Gasteiger partial charge in [-0.05, 0) is 37.8 Å². The van der Waals surface area contributed by atoms with E-state index in [0.29, 0.717) is 19.0 Å². The highest BCUT2D eigenvalue weighted by atomic mass is 16.5. The smallest absolute Gasteiger partial charge is 0.293 e. The van der Waals surface area contributed by atoms with Gasteiger partial charge in [-0.2, -0.15) is 0 Å². The summed E-state index contributed by atoms with van der Waals surface area (Å²) in [6.07, 6.45) is 4.64. The molecule has 1 amide bonds. The van der Waals surface area contributed by atoms with Gasteiger partial charge >= 0.3 is 0 Å². The molecule has 2 heterocycles. The Morgan fingerprint density at radius 3 is 2.57 bits per heavy atom. The molecule has 0 bridgehead atoms. The normalized spacial score (nSPS) is 20.3. The minimum Gasteiger partial charge on any atom is -0.463 e. The maximum atomic E-state index is 11.9. The van der Waals surface area contributed by atoms with Gasteiger partial charge in [0.1, 0.15) is 6.61 Å². The van der Waals surface area contributed by atoms with E-state index in [2.05, 4.69) is 10.1 Å². The molecule has 1 N–H and O–H groups in total. The number of ether oxygens (including phenoxy) is 1. The highest BCUT2D eigenvalue weighted by Gasteiger charge is 2.27. The average Bonchev–Trinajstić information content (AvgIpc) is 3.16. The fourth-order valence-electron chi connectivity index (χ4n) is 2.96. The van der Waals surface area contributed by atoms with Gasteiger partial charge in [-0.3, -0.25) is 9.59 Å². The quantitative estimate of drug-likeness (QED) is 0.862. The largest absolute Gasteiger partial charge is 0.463 e. The zero-order valence-electron chi connectivity index (χ0n) is 13.6. The predicted octanol–water partition coefficient (Wildman–Crippen LogP) is 1.97. The van der Waals surface area contributed by atoms with Crippen LogP contribution in [0.2, 0.25) is 0 Å². The van der Waals surface area contributed by atoms with Crippen LogP contribution in [0.15, 0.2) is 30.3 Å². The first-order chi connectivity index (χ1) is 11.3. The highest BCUT2D eigenvalue weighted by molar-refractivity contribution is 5.79. The van der Waals surface area contributed by atoms with Crippen LogP contribution in [-0.4, -0.2) is 43.5 Å². The maximum absolute atomic E-state index is 11.9. The van der Waals surface area contributed by atoms with Crippen LogP contribution in [0.4, 0.5) is 0 Å². The Hall–Kier alpha value is -1.88. The summed E-state index contributed by atoms with van der Waals surface area (Å²) in [7, 11) is 0. The Bertz CT molecular complexity index is 466. The summed E-state index contributed by atoms with van der Waals surface area (Å²) in [5, 5.41) is 3.29. The number of carbonyl (C=O) groups excluding carboxylic acids is 2. The van der Waals surface area contributed by atoms with Crippen molar-refractivity contribution in [3.8, 4) is 0 Å². The summed E-state index contributed by atoms with van der Waals surface area (Å²) in [6, 6.07) is 9.55. The zero-order chi connectivity index (χ0) is 16.3. The van der Waals surface area contributed by atoms with Crippen molar-refractivity contribution < 1.29 is 14.3 Å². The van der Waals surface area contributed by atoms with Crippen molar-refractivity contribution in [3.05, 3.63) is 35.9 Å². The molecule has 3 rings (SSSR count). The van der Waals surface area contributed by atoms with Crippen LogP contribution in [0.5, 0.6) is 0 Å². The first-order valence-electron chi connectivity index (χ1n) is 8.40. The number of rotatable bonds is 4. The molecular formula is C18H26N2O3. The van der Waals surface area contributed by atoms with Crippen molar-refractivity contribution in [1.82, 2.24) is 10.2 Å². The van der Waals surface area contributed by atoms with Crippen LogP contribution in [0.25, 0.3) is 0 Å². The van der Waals surface area contributed by atoms with E-state index < -0.39 is 0 Å². The lowest BCUT2D eigenvalue weighted by atomic mass is 9.98. The summed E-state index contributed by atoms with van der Waals surface area (Å²) >= 11 is 0. The molecule has 0 spiro atoms. The highest BCUT2D eigenvalue weighted by Crippen LogP contribution is 2.17. The van der Waals surface area contributed by atoms with Crippen molar-refractivity contribution in [1.29, 1.82) is 0 Å². The molecule has 126 valence electrons. The number of carbonyl (C=O) groups is 2. The molecule has 0 aromatic heterocycles. The fraction of sp³-hybridized carbons (Fsp3) is 0.556. The number of likely N-dealkylation sites (tertiary alicyclic amines) is 1. The fourth-order valence-corrected chi connectivity index (χ4v) is 2.96. The molecule has 1 aromatic carbocycles. The van der Waals surface area contributed by atoms with E-state index in [4.69, 9.17) is 0 Å². The molecular weight excluding hydrogens is 292 g/mol. The zero-order valence-corrected chi connectivity index (χ0v) is 13.6. The number of nitrogens with zero attached hydrogens (tertiary/aromatic N) is 1. The molecule has 2 fully saturated rings. The third-order valence-electron chi connectivity index (χ3n) is 4.22. The third-order valence-corrected chi connectivity index (χ3v) is 4.22. The molecule has 23 heavy (non-hydrogen) atoms. The van der Waals surface area contributed by atoms with E-state index in [0.717, 1.165) is 44.6 Å². The lowest BCUT2D eigenvalue weighted by molar-refractivity contribution is -0.135. The van der Waals surface area contributed by atoms with Crippen LogP contribution in [0.3, 0.4) is 0 Å². The Morgan fingerprint density at radius 2 is 1.96 bits per heavy atom. The maximum Gasteiger partial charge on any atom is 0.293 e. The summed E-state index contributed by atoms with van der Waals surface area (Å²) < 4.78 is 4.54. The van der Waals surface area contributed by atoms with Gasteiger partial charge in [-0.15, -0.1) is 0 Å². The number of amides is 1. The van der Waals surface area contributed by atoms with Crippen molar-refractivity contribution in [3.63, 3.8) is 0 Å². The minimum atomic E-state index is 0.270. The Balaban J connectivity index is 0.000000174. The Labute approximate surface area is 138 Å². The summed E-state index contributed by atoms with van der Waals surface area (Å²) in [5.74, 6) is 0.663. The second-order valence-electron chi connectivity index (χ2n) is 5.97.